The quantitative estimate of drug-likeness (QED) is 0.751. The average molecular weight is 415 g/mol. The Hall–Kier alpha value is -2.93. The van der Waals surface area contributed by atoms with Gasteiger partial charge in [0.1, 0.15) is 0 Å². The van der Waals surface area contributed by atoms with Gasteiger partial charge in [-0.05, 0) is 55.9 Å². The third kappa shape index (κ3) is 4.62. The molecular formula is C23H30N2O5. The molecule has 3 rings (SSSR count). The molecule has 1 amide bonds. The minimum absolute atomic E-state index is 0.0000948. The Morgan fingerprint density at radius 1 is 0.900 bits per heavy atom. The zero-order valence-electron chi connectivity index (χ0n) is 18.2. The van der Waals surface area contributed by atoms with Crippen molar-refractivity contribution in [2.24, 2.45) is 0 Å². The summed E-state index contributed by atoms with van der Waals surface area (Å²) in [4.78, 5) is 15.3. The van der Waals surface area contributed by atoms with Crippen molar-refractivity contribution in [3.8, 4) is 23.0 Å². The number of likely N-dealkylation sites (N-methyl/N-ethyl adjacent to an activating group) is 1. The van der Waals surface area contributed by atoms with Gasteiger partial charge in [-0.3, -0.25) is 4.79 Å². The van der Waals surface area contributed by atoms with Crippen LogP contribution in [-0.4, -0.2) is 65.4 Å². The van der Waals surface area contributed by atoms with E-state index in [0.29, 0.717) is 28.6 Å². The number of likely N-dealkylation sites (tertiary alicyclic amines) is 1. The fourth-order valence-corrected chi connectivity index (χ4v) is 3.94. The van der Waals surface area contributed by atoms with Crippen molar-refractivity contribution in [2.45, 2.75) is 18.4 Å². The highest BCUT2D eigenvalue weighted by molar-refractivity contribution is 5.95. The summed E-state index contributed by atoms with van der Waals surface area (Å²) >= 11 is 0. The van der Waals surface area contributed by atoms with Crippen molar-refractivity contribution < 1.29 is 23.7 Å². The molecule has 0 saturated carbocycles. The van der Waals surface area contributed by atoms with Crippen molar-refractivity contribution in [1.29, 1.82) is 0 Å². The van der Waals surface area contributed by atoms with Gasteiger partial charge in [-0.15, -0.1) is 0 Å². The Balaban J connectivity index is 1.84. The Morgan fingerprint density at radius 2 is 1.50 bits per heavy atom. The second-order valence-corrected chi connectivity index (χ2v) is 7.42. The van der Waals surface area contributed by atoms with E-state index in [9.17, 15) is 4.79 Å². The van der Waals surface area contributed by atoms with Gasteiger partial charge in [0.05, 0.1) is 28.4 Å². The number of hydrogen-bond donors (Lipinski definition) is 1. The van der Waals surface area contributed by atoms with Gasteiger partial charge in [0.25, 0.3) is 5.91 Å². The van der Waals surface area contributed by atoms with Gasteiger partial charge < -0.3 is 29.2 Å². The Morgan fingerprint density at radius 3 is 2.13 bits per heavy atom. The second-order valence-electron chi connectivity index (χ2n) is 7.42. The maximum Gasteiger partial charge on any atom is 0.251 e. The molecule has 1 saturated heterocycles. The lowest BCUT2D eigenvalue weighted by Gasteiger charge is -2.37. The van der Waals surface area contributed by atoms with Crippen LogP contribution in [0, 0.1) is 0 Å². The number of nitrogens with one attached hydrogen (secondary N) is 1. The molecule has 7 nitrogen and oxygen atoms in total. The van der Waals surface area contributed by atoms with E-state index in [0.717, 1.165) is 25.1 Å². The first-order chi connectivity index (χ1) is 14.5. The van der Waals surface area contributed by atoms with Crippen molar-refractivity contribution in [3.63, 3.8) is 0 Å². The van der Waals surface area contributed by atoms with Gasteiger partial charge in [0.2, 0.25) is 0 Å². The highest BCUT2D eigenvalue weighted by Gasteiger charge is 2.31. The number of benzene rings is 2. The lowest BCUT2D eigenvalue weighted by atomic mass is 9.85. The largest absolute Gasteiger partial charge is 0.493 e. The van der Waals surface area contributed by atoms with E-state index in [4.69, 9.17) is 18.9 Å². The van der Waals surface area contributed by atoms with Gasteiger partial charge >= 0.3 is 0 Å². The van der Waals surface area contributed by atoms with Gasteiger partial charge in [0.15, 0.2) is 23.0 Å². The molecule has 0 aliphatic carbocycles. The molecule has 0 radical (unpaired) electrons. The molecule has 1 heterocycles. The zero-order chi connectivity index (χ0) is 21.7. The van der Waals surface area contributed by atoms with E-state index in [1.54, 1.807) is 46.6 Å². The van der Waals surface area contributed by atoms with Crippen LogP contribution in [0.25, 0.3) is 0 Å². The van der Waals surface area contributed by atoms with Crippen LogP contribution in [0.3, 0.4) is 0 Å². The molecule has 1 N–H and O–H groups in total. The number of hydrogen-bond acceptors (Lipinski definition) is 6. The van der Waals surface area contributed by atoms with Crippen molar-refractivity contribution >= 4 is 5.91 Å². The molecule has 2 atom stereocenters. The van der Waals surface area contributed by atoms with Crippen LogP contribution in [0.2, 0.25) is 0 Å². The lowest BCUT2D eigenvalue weighted by Crippen LogP contribution is -2.48. The summed E-state index contributed by atoms with van der Waals surface area (Å²) in [6, 6.07) is 11.1. The molecule has 2 aromatic rings. The maximum atomic E-state index is 13.0. The number of ether oxygens (including phenoxy) is 4. The van der Waals surface area contributed by atoms with Crippen molar-refractivity contribution in [2.75, 3.05) is 48.6 Å². The van der Waals surface area contributed by atoms with Gasteiger partial charge in [0, 0.05) is 24.1 Å². The lowest BCUT2D eigenvalue weighted by molar-refractivity contribution is 0.0904. The van der Waals surface area contributed by atoms with Crippen molar-refractivity contribution in [3.05, 3.63) is 47.5 Å². The first-order valence-corrected chi connectivity index (χ1v) is 9.94. The molecule has 0 bridgehead atoms. The Labute approximate surface area is 177 Å². The average Bonchev–Trinajstić information content (AvgIpc) is 2.79. The van der Waals surface area contributed by atoms with Crippen LogP contribution in [0.4, 0.5) is 0 Å². The number of piperidine rings is 1. The van der Waals surface area contributed by atoms with Crippen LogP contribution in [-0.2, 0) is 0 Å². The minimum Gasteiger partial charge on any atom is -0.493 e. The maximum absolute atomic E-state index is 13.0. The van der Waals surface area contributed by atoms with E-state index >= 15 is 0 Å². The minimum atomic E-state index is -0.129. The third-order valence-corrected chi connectivity index (χ3v) is 5.61. The summed E-state index contributed by atoms with van der Waals surface area (Å²) in [6.07, 6.45) is 0.856. The molecule has 0 spiro atoms. The number of methoxy groups -OCH3 is 4. The fourth-order valence-electron chi connectivity index (χ4n) is 3.94. The first-order valence-electron chi connectivity index (χ1n) is 9.94. The van der Waals surface area contributed by atoms with E-state index in [2.05, 4.69) is 17.3 Å². The highest BCUT2D eigenvalue weighted by Crippen LogP contribution is 2.34. The standard InChI is InChI=1S/C23H30N2O5/c1-25-11-10-18(17(14-25)15-6-8-19(27-2)21(12-15)29-4)24-23(26)16-7-9-20(28-3)22(13-16)30-5/h6-9,12-13,17-18H,10-11,14H2,1-5H3,(H,24,26). The van der Waals surface area contributed by atoms with E-state index in [1.165, 1.54) is 0 Å². The smallest absolute Gasteiger partial charge is 0.251 e. The summed E-state index contributed by atoms with van der Waals surface area (Å²) in [5, 5.41) is 3.23. The number of nitrogens with zero attached hydrogens (tertiary/aromatic N) is 1. The number of carbonyl (C=O) groups is 1. The Bertz CT molecular complexity index is 886. The normalized spacial score (nSPS) is 19.1. The molecule has 0 aromatic heterocycles. The first kappa shape index (κ1) is 21.8. The molecule has 2 aromatic carbocycles. The predicted octanol–water partition coefficient (Wildman–Crippen LogP) is 2.94. The van der Waals surface area contributed by atoms with E-state index in [-0.39, 0.29) is 17.9 Å². The topological polar surface area (TPSA) is 69.3 Å². The molecule has 2 unspecified atom stereocenters. The van der Waals surface area contributed by atoms with E-state index in [1.807, 2.05) is 18.2 Å². The van der Waals surface area contributed by atoms with Gasteiger partial charge in [-0.1, -0.05) is 6.07 Å². The van der Waals surface area contributed by atoms with Gasteiger partial charge in [-0.25, -0.2) is 0 Å². The highest BCUT2D eigenvalue weighted by atomic mass is 16.5. The number of rotatable bonds is 7. The molecule has 30 heavy (non-hydrogen) atoms. The summed E-state index contributed by atoms with van der Waals surface area (Å²) in [7, 11) is 8.48. The van der Waals surface area contributed by atoms with Crippen molar-refractivity contribution in [1.82, 2.24) is 10.2 Å². The predicted molar refractivity (Wildman–Crippen MR) is 115 cm³/mol. The van der Waals surface area contributed by atoms with Gasteiger partial charge in [-0.2, -0.15) is 0 Å². The van der Waals surface area contributed by atoms with Crippen LogP contribution in [0.15, 0.2) is 36.4 Å². The number of amides is 1. The number of carbonyl (C=O) groups excluding carboxylic acids is 1. The molecular weight excluding hydrogens is 384 g/mol. The second kappa shape index (κ2) is 9.71. The zero-order valence-corrected chi connectivity index (χ0v) is 18.2. The van der Waals surface area contributed by atoms with Crippen LogP contribution in [0.1, 0.15) is 28.3 Å². The third-order valence-electron chi connectivity index (χ3n) is 5.61. The molecule has 7 heteroatoms. The fraction of sp³-hybridized carbons (Fsp3) is 0.435. The molecule has 1 aliphatic heterocycles. The Kier molecular flexibility index (Phi) is 7.05. The summed E-state index contributed by atoms with van der Waals surface area (Å²) in [6.45, 7) is 1.76. The molecule has 1 aliphatic rings. The summed E-state index contributed by atoms with van der Waals surface area (Å²) in [5.41, 5.74) is 1.65. The SMILES string of the molecule is COc1ccc(C(=O)NC2CCN(C)CC2c2ccc(OC)c(OC)c2)cc1OC. The van der Waals surface area contributed by atoms with Crippen LogP contribution < -0.4 is 24.3 Å². The monoisotopic (exact) mass is 414 g/mol. The van der Waals surface area contributed by atoms with Crippen LogP contribution in [0.5, 0.6) is 23.0 Å². The molecule has 162 valence electrons. The summed E-state index contributed by atoms with van der Waals surface area (Å²) in [5.74, 6) is 2.51. The van der Waals surface area contributed by atoms with E-state index < -0.39 is 0 Å². The molecule has 1 fully saturated rings. The summed E-state index contributed by atoms with van der Waals surface area (Å²) < 4.78 is 21.4. The van der Waals surface area contributed by atoms with Crippen LogP contribution >= 0.6 is 0 Å².